The van der Waals surface area contributed by atoms with Crippen LogP contribution in [0.5, 0.6) is 11.5 Å². The quantitative estimate of drug-likeness (QED) is 0.0416. The molecule has 404 valence electrons. The average Bonchev–Trinajstić information content (AvgIpc) is 3.55. The molecule has 0 atom stereocenters. The Kier molecular flexibility index (Phi) is 15.6. The number of aromatic hydroxyl groups is 2. The summed E-state index contributed by atoms with van der Waals surface area (Å²) in [5.41, 5.74) is 0.813. The number of nitrogens with one attached hydrogen (secondary N) is 2. The Bertz CT molecular complexity index is 4530. The van der Waals surface area contributed by atoms with Gasteiger partial charge in [-0.3, -0.25) is 27.8 Å². The molecule has 0 unspecified atom stereocenters. The molecule has 0 aromatic heterocycles. The van der Waals surface area contributed by atoms with Crippen molar-refractivity contribution in [2.75, 3.05) is 10.6 Å². The maximum absolute atomic E-state index is 12.9. The van der Waals surface area contributed by atoms with Gasteiger partial charge in [0.25, 0.3) is 52.3 Å². The molecular weight excluding hydrogens is 1100 g/mol. The van der Waals surface area contributed by atoms with Gasteiger partial charge in [0, 0.05) is 27.3 Å². The van der Waals surface area contributed by atoms with Gasteiger partial charge in [-0.1, -0.05) is 72.8 Å². The van der Waals surface area contributed by atoms with Gasteiger partial charge in [-0.05, 0) is 132 Å². The normalized spacial score (nSPS) is 12.2. The van der Waals surface area contributed by atoms with Crippen molar-refractivity contribution in [3.05, 3.63) is 179 Å². The number of hydrogen-bond donors (Lipinski definition) is 8. The standard InChI is InChI=1S/C28H21N3O8S2.C25H21N3O8S2/c1-16-13-19-14-20(40(34,35)36)15-23(29-28(33)18-8-3-2-4-9-18)24(19)26(32)25(16)31-30-22-12-11-17-7-5-6-10-21(17)27(22)41(37,38)39;1-14-8-9-19(21(10-14)38(34,35)36)27-28-23-15(2)11-17-12-18(37(31,32)33)13-20(22(17)24(23)29)26-25(30)16-6-4-3-5-7-16/h2-15,32H,1H3,(H,29,33)(H,34,35,36)(H,37,38,39);3-13,29H,1-2H3,(H,26,30)(H,31,32,33)(H,34,35,36). The maximum Gasteiger partial charge on any atom is 0.297 e. The van der Waals surface area contributed by atoms with Crippen LogP contribution in [0.15, 0.2) is 192 Å². The first-order chi connectivity index (χ1) is 37.1. The van der Waals surface area contributed by atoms with E-state index in [1.807, 2.05) is 0 Å². The maximum atomic E-state index is 12.9. The summed E-state index contributed by atoms with van der Waals surface area (Å²) < 4.78 is 135. The Morgan fingerprint density at radius 1 is 0.430 bits per heavy atom. The van der Waals surface area contributed by atoms with Crippen LogP contribution in [0.3, 0.4) is 0 Å². The van der Waals surface area contributed by atoms with Gasteiger partial charge in [0.2, 0.25) is 0 Å². The van der Waals surface area contributed by atoms with Crippen LogP contribution in [0.25, 0.3) is 32.3 Å². The summed E-state index contributed by atoms with van der Waals surface area (Å²) in [6, 6.07) is 36.7. The van der Waals surface area contributed by atoms with E-state index < -0.39 is 83.4 Å². The van der Waals surface area contributed by atoms with Crippen LogP contribution in [-0.2, 0) is 40.5 Å². The van der Waals surface area contributed by atoms with E-state index in [9.17, 15) is 71.7 Å². The van der Waals surface area contributed by atoms with Crippen LogP contribution >= 0.6 is 0 Å². The molecular formula is C53H42N6O16S4. The zero-order chi connectivity index (χ0) is 57.4. The van der Waals surface area contributed by atoms with Gasteiger partial charge < -0.3 is 20.8 Å². The number of carbonyl (C=O) groups excluding carboxylic acids is 2. The number of azo groups is 2. The highest BCUT2D eigenvalue weighted by atomic mass is 32.2. The van der Waals surface area contributed by atoms with Crippen LogP contribution in [0.2, 0.25) is 0 Å². The minimum atomic E-state index is -4.73. The molecule has 0 bridgehead atoms. The summed E-state index contributed by atoms with van der Waals surface area (Å²) in [5, 5.41) is 44.6. The minimum absolute atomic E-state index is 0.000130. The first-order valence-corrected chi connectivity index (χ1v) is 28.6. The van der Waals surface area contributed by atoms with E-state index in [2.05, 4.69) is 31.1 Å². The number of phenolic OH excluding ortho intramolecular Hbond substituents is 2. The zero-order valence-electron chi connectivity index (χ0n) is 41.1. The smallest absolute Gasteiger partial charge is 0.297 e. The molecule has 8 N–H and O–H groups in total. The third-order valence-electron chi connectivity index (χ3n) is 11.9. The summed E-state index contributed by atoms with van der Waals surface area (Å²) in [5.74, 6) is -2.21. The highest BCUT2D eigenvalue weighted by molar-refractivity contribution is 7.86. The molecule has 79 heavy (non-hydrogen) atoms. The highest BCUT2D eigenvalue weighted by Gasteiger charge is 2.25. The van der Waals surface area contributed by atoms with Crippen molar-refractivity contribution in [1.82, 2.24) is 0 Å². The van der Waals surface area contributed by atoms with E-state index in [0.29, 0.717) is 22.1 Å². The number of carbonyl (C=O) groups is 2. The minimum Gasteiger partial charge on any atom is -0.505 e. The van der Waals surface area contributed by atoms with Crippen LogP contribution in [0, 0.1) is 20.8 Å². The largest absolute Gasteiger partial charge is 0.505 e. The predicted octanol–water partition coefficient (Wildman–Crippen LogP) is 11.5. The van der Waals surface area contributed by atoms with Gasteiger partial charge in [-0.15, -0.1) is 20.5 Å². The third kappa shape index (κ3) is 12.5. The number of nitrogens with zero attached hydrogens (tertiary/aromatic N) is 4. The molecule has 9 aromatic rings. The summed E-state index contributed by atoms with van der Waals surface area (Å²) in [6.07, 6.45) is 0. The highest BCUT2D eigenvalue weighted by Crippen LogP contribution is 2.46. The van der Waals surface area contributed by atoms with Crippen molar-refractivity contribution in [3.63, 3.8) is 0 Å². The molecule has 0 saturated heterocycles. The Morgan fingerprint density at radius 3 is 1.30 bits per heavy atom. The number of fused-ring (bicyclic) bond motifs is 3. The van der Waals surface area contributed by atoms with Gasteiger partial charge >= 0.3 is 0 Å². The SMILES string of the molecule is Cc1cc2cc(S(=O)(=O)O)cc(NC(=O)c3ccccc3)c2c(O)c1N=Nc1ccc2ccccc2c1S(=O)(=O)O.Cc1ccc(N=Nc2c(C)cc3cc(S(=O)(=O)O)cc(NC(=O)c4ccccc4)c3c2O)c(S(=O)(=O)O)c1. The second-order valence-corrected chi connectivity index (χ2v) is 23.1. The lowest BCUT2D eigenvalue weighted by Gasteiger charge is -2.15. The number of rotatable bonds is 12. The van der Waals surface area contributed by atoms with E-state index in [1.165, 1.54) is 67.6 Å². The van der Waals surface area contributed by atoms with Gasteiger partial charge in [-0.2, -0.15) is 33.7 Å². The molecule has 0 saturated carbocycles. The van der Waals surface area contributed by atoms with Crippen molar-refractivity contribution in [3.8, 4) is 11.5 Å². The molecule has 0 heterocycles. The van der Waals surface area contributed by atoms with Crippen molar-refractivity contribution in [2.45, 2.75) is 40.4 Å². The number of amides is 2. The lowest BCUT2D eigenvalue weighted by Crippen LogP contribution is -2.13. The van der Waals surface area contributed by atoms with E-state index >= 15 is 0 Å². The summed E-state index contributed by atoms with van der Waals surface area (Å²) >= 11 is 0. The van der Waals surface area contributed by atoms with E-state index in [4.69, 9.17) is 0 Å². The summed E-state index contributed by atoms with van der Waals surface area (Å²) in [6.45, 7) is 4.70. The first kappa shape index (κ1) is 56.3. The van der Waals surface area contributed by atoms with Crippen LogP contribution in [-0.4, -0.2) is 73.9 Å². The summed E-state index contributed by atoms with van der Waals surface area (Å²) in [7, 11) is -18.7. The molecule has 2 amide bonds. The Hall–Kier alpha value is -8.86. The third-order valence-corrected chi connectivity index (χ3v) is 15.4. The molecule has 26 heteroatoms. The van der Waals surface area contributed by atoms with E-state index in [0.717, 1.165) is 24.3 Å². The van der Waals surface area contributed by atoms with Crippen LogP contribution in [0.4, 0.5) is 34.1 Å². The summed E-state index contributed by atoms with van der Waals surface area (Å²) in [4.78, 5) is 23.7. The van der Waals surface area contributed by atoms with Crippen molar-refractivity contribution >= 4 is 119 Å². The van der Waals surface area contributed by atoms with Crippen LogP contribution in [0.1, 0.15) is 37.4 Å². The van der Waals surface area contributed by atoms with E-state index in [-0.39, 0.29) is 72.2 Å². The van der Waals surface area contributed by atoms with Crippen molar-refractivity contribution in [1.29, 1.82) is 0 Å². The Balaban J connectivity index is 0.000000209. The van der Waals surface area contributed by atoms with E-state index in [1.54, 1.807) is 80.6 Å². The molecule has 22 nitrogen and oxygen atoms in total. The number of hydrogen-bond acceptors (Lipinski definition) is 16. The van der Waals surface area contributed by atoms with Gasteiger partial charge in [0.15, 0.2) is 11.5 Å². The molecule has 0 radical (unpaired) electrons. The van der Waals surface area contributed by atoms with Crippen LogP contribution < -0.4 is 10.6 Å². The first-order valence-electron chi connectivity index (χ1n) is 22.8. The second kappa shape index (κ2) is 21.9. The monoisotopic (exact) mass is 1150 g/mol. The molecule has 0 aliphatic rings. The van der Waals surface area contributed by atoms with Gasteiger partial charge in [-0.25, -0.2) is 0 Å². The number of aryl methyl sites for hydroxylation is 3. The van der Waals surface area contributed by atoms with Crippen molar-refractivity contribution < 1.29 is 71.7 Å². The predicted molar refractivity (Wildman–Crippen MR) is 292 cm³/mol. The molecule has 0 aliphatic heterocycles. The molecule has 0 spiro atoms. The Morgan fingerprint density at radius 2 is 0.861 bits per heavy atom. The lowest BCUT2D eigenvalue weighted by atomic mass is 10.0. The van der Waals surface area contributed by atoms with Crippen molar-refractivity contribution in [2.24, 2.45) is 20.5 Å². The Labute approximate surface area is 450 Å². The topological polar surface area (TPSA) is 366 Å². The average molecular weight is 1150 g/mol. The molecule has 0 aliphatic carbocycles. The molecule has 9 rings (SSSR count). The fraction of sp³-hybridized carbons (Fsp3) is 0.0566. The van der Waals surface area contributed by atoms with Gasteiger partial charge in [0.1, 0.15) is 32.5 Å². The second-order valence-electron chi connectivity index (χ2n) is 17.5. The number of benzene rings is 9. The molecule has 0 fully saturated rings. The molecule has 9 aromatic carbocycles. The number of phenols is 2. The van der Waals surface area contributed by atoms with Gasteiger partial charge in [0.05, 0.1) is 21.2 Å². The fourth-order valence-corrected chi connectivity index (χ4v) is 10.9. The fourth-order valence-electron chi connectivity index (χ4n) is 8.26. The number of anilines is 2. The zero-order valence-corrected chi connectivity index (χ0v) is 44.4. The lowest BCUT2D eigenvalue weighted by molar-refractivity contribution is 0.101.